The van der Waals surface area contributed by atoms with Crippen molar-refractivity contribution in [2.24, 2.45) is 0 Å². The van der Waals surface area contributed by atoms with Crippen molar-refractivity contribution in [3.05, 3.63) is 36.4 Å². The van der Waals surface area contributed by atoms with Gasteiger partial charge in [-0.2, -0.15) is 4.98 Å². The topological polar surface area (TPSA) is 78.4 Å². The minimum Gasteiger partial charge on any atom is -0.460 e. The van der Waals surface area contributed by atoms with Crippen molar-refractivity contribution in [3.8, 4) is 11.7 Å². The highest BCUT2D eigenvalue weighted by molar-refractivity contribution is 5.92. The van der Waals surface area contributed by atoms with E-state index < -0.39 is 5.97 Å². The Hall–Kier alpha value is -2.63. The normalized spacial score (nSPS) is 10.8. The first-order valence-corrected chi connectivity index (χ1v) is 5.77. The van der Waals surface area contributed by atoms with Crippen LogP contribution < -0.4 is 0 Å². The highest BCUT2D eigenvalue weighted by Crippen LogP contribution is 2.29. The Bertz CT molecular complexity index is 729. The van der Waals surface area contributed by atoms with Crippen molar-refractivity contribution >= 4 is 16.7 Å². The fraction of sp³-hybridized carbons (Fsp3) is 0.154. The second kappa shape index (κ2) is 4.56. The third-order valence-electron chi connectivity index (χ3n) is 2.59. The van der Waals surface area contributed by atoms with E-state index in [0.717, 1.165) is 10.8 Å². The number of furan rings is 1. The van der Waals surface area contributed by atoms with Gasteiger partial charge in [0, 0.05) is 10.8 Å². The Morgan fingerprint density at radius 1 is 1.37 bits per heavy atom. The number of ether oxygens (including phenoxy) is 1. The summed E-state index contributed by atoms with van der Waals surface area (Å²) in [6.45, 7) is 1.96. The van der Waals surface area contributed by atoms with Gasteiger partial charge in [0.2, 0.25) is 0 Å². The fourth-order valence-corrected chi connectivity index (χ4v) is 1.75. The fourth-order valence-electron chi connectivity index (χ4n) is 1.75. The van der Waals surface area contributed by atoms with Gasteiger partial charge in [0.05, 0.1) is 12.9 Å². The van der Waals surface area contributed by atoms with E-state index in [-0.39, 0.29) is 18.3 Å². The smallest absolute Gasteiger partial charge is 0.379 e. The number of esters is 1. The Balaban J connectivity index is 2.01. The summed E-state index contributed by atoms with van der Waals surface area (Å²) in [6.07, 6.45) is 1.60. The van der Waals surface area contributed by atoms with Crippen LogP contribution in [0.2, 0.25) is 0 Å². The largest absolute Gasteiger partial charge is 0.460 e. The number of hydrogen-bond donors (Lipinski definition) is 0. The van der Waals surface area contributed by atoms with Crippen molar-refractivity contribution in [2.45, 2.75) is 6.92 Å². The van der Waals surface area contributed by atoms with Crippen LogP contribution in [0.15, 0.2) is 39.5 Å². The van der Waals surface area contributed by atoms with E-state index in [4.69, 9.17) is 13.7 Å². The number of carbonyl (C=O) groups excluding carboxylic acids is 1. The number of hydrogen-bond acceptors (Lipinski definition) is 6. The summed E-state index contributed by atoms with van der Waals surface area (Å²) in [7, 11) is 0. The molecule has 3 rings (SSSR count). The van der Waals surface area contributed by atoms with Crippen LogP contribution >= 0.6 is 0 Å². The van der Waals surface area contributed by atoms with Gasteiger partial charge in [-0.1, -0.05) is 24.3 Å². The molecule has 0 atom stereocenters. The lowest BCUT2D eigenvalue weighted by Crippen LogP contribution is -2.06. The van der Waals surface area contributed by atoms with Gasteiger partial charge >= 0.3 is 5.97 Å². The molecule has 2 heterocycles. The molecule has 0 radical (unpaired) electrons. The average Bonchev–Trinajstić information content (AvgIpc) is 3.05. The summed E-state index contributed by atoms with van der Waals surface area (Å²) in [6, 6.07) is 7.57. The number of benzene rings is 1. The van der Waals surface area contributed by atoms with Crippen LogP contribution in [0.25, 0.3) is 22.4 Å². The van der Waals surface area contributed by atoms with Gasteiger partial charge in [0.1, 0.15) is 0 Å². The maximum atomic E-state index is 11.5. The summed E-state index contributed by atoms with van der Waals surface area (Å²) >= 11 is 0. The second-order valence-electron chi connectivity index (χ2n) is 3.80. The molecule has 0 saturated carbocycles. The summed E-state index contributed by atoms with van der Waals surface area (Å²) in [5.74, 6) is -0.131. The molecule has 0 amide bonds. The van der Waals surface area contributed by atoms with E-state index in [9.17, 15) is 4.79 Å². The molecule has 3 aromatic rings. The van der Waals surface area contributed by atoms with E-state index in [0.29, 0.717) is 5.76 Å². The van der Waals surface area contributed by atoms with Crippen LogP contribution in [0, 0.1) is 0 Å². The third-order valence-corrected chi connectivity index (χ3v) is 2.59. The number of nitrogens with zero attached hydrogens (tertiary/aromatic N) is 2. The lowest BCUT2D eigenvalue weighted by molar-refractivity contribution is 0.0508. The zero-order valence-corrected chi connectivity index (χ0v) is 10.1. The zero-order chi connectivity index (χ0) is 13.2. The van der Waals surface area contributed by atoms with Crippen molar-refractivity contribution in [2.75, 3.05) is 6.61 Å². The monoisotopic (exact) mass is 258 g/mol. The maximum absolute atomic E-state index is 11.5. The summed E-state index contributed by atoms with van der Waals surface area (Å²) in [5, 5.41) is 5.35. The Kier molecular flexibility index (Phi) is 2.75. The van der Waals surface area contributed by atoms with Crippen molar-refractivity contribution < 1.29 is 18.5 Å². The summed E-state index contributed by atoms with van der Waals surface area (Å²) in [5.41, 5.74) is 0. The first kappa shape index (κ1) is 11.5. The Labute approximate surface area is 108 Å². The van der Waals surface area contributed by atoms with Crippen LogP contribution in [-0.2, 0) is 4.74 Å². The van der Waals surface area contributed by atoms with Gasteiger partial charge in [-0.15, -0.1) is 0 Å². The zero-order valence-electron chi connectivity index (χ0n) is 10.1. The molecule has 0 N–H and O–H groups in total. The highest BCUT2D eigenvalue weighted by Gasteiger charge is 2.20. The molecule has 1 aromatic carbocycles. The standard InChI is InChI=1S/C13H10N2O4/c1-2-17-13(16)11-14-12(19-15-11)10-9-6-4-3-5-8(9)7-18-10/h3-7H,2H2,1H3. The first-order valence-electron chi connectivity index (χ1n) is 5.77. The highest BCUT2D eigenvalue weighted by atomic mass is 16.5. The molecular formula is C13H10N2O4. The number of fused-ring (bicyclic) bond motifs is 1. The summed E-state index contributed by atoms with van der Waals surface area (Å²) < 4.78 is 15.2. The van der Waals surface area contributed by atoms with Crippen LogP contribution in [-0.4, -0.2) is 22.7 Å². The van der Waals surface area contributed by atoms with Crippen LogP contribution in [0.3, 0.4) is 0 Å². The number of carbonyl (C=O) groups is 1. The minimum absolute atomic E-state index is 0.114. The van der Waals surface area contributed by atoms with E-state index in [1.54, 1.807) is 13.2 Å². The van der Waals surface area contributed by atoms with Gasteiger partial charge in [0.15, 0.2) is 5.76 Å². The van der Waals surface area contributed by atoms with Crippen molar-refractivity contribution in [3.63, 3.8) is 0 Å². The average molecular weight is 258 g/mol. The third kappa shape index (κ3) is 1.97. The van der Waals surface area contributed by atoms with E-state index >= 15 is 0 Å². The molecule has 0 unspecified atom stereocenters. The molecule has 0 bridgehead atoms. The molecular weight excluding hydrogens is 248 g/mol. The van der Waals surface area contributed by atoms with Crippen molar-refractivity contribution in [1.29, 1.82) is 0 Å². The molecule has 0 aliphatic heterocycles. The van der Waals surface area contributed by atoms with Gasteiger partial charge in [-0.3, -0.25) is 0 Å². The SMILES string of the molecule is CCOC(=O)c1noc(-c2occ3ccccc23)n1. The molecule has 96 valence electrons. The first-order chi connectivity index (χ1) is 9.29. The van der Waals surface area contributed by atoms with Gasteiger partial charge in [-0.25, -0.2) is 4.79 Å². The van der Waals surface area contributed by atoms with Crippen molar-refractivity contribution in [1.82, 2.24) is 10.1 Å². The lowest BCUT2D eigenvalue weighted by Gasteiger charge is -1.93. The minimum atomic E-state index is -0.617. The molecule has 19 heavy (non-hydrogen) atoms. The molecule has 0 aliphatic rings. The van der Waals surface area contributed by atoms with Crippen LogP contribution in [0.4, 0.5) is 0 Å². The quantitative estimate of drug-likeness (QED) is 0.672. The number of aromatic nitrogens is 2. The second-order valence-corrected chi connectivity index (χ2v) is 3.80. The predicted molar refractivity (Wildman–Crippen MR) is 65.5 cm³/mol. The molecule has 0 fully saturated rings. The predicted octanol–water partition coefficient (Wildman–Crippen LogP) is 2.66. The maximum Gasteiger partial charge on any atom is 0.379 e. The molecule has 2 aromatic heterocycles. The molecule has 0 saturated heterocycles. The molecule has 0 spiro atoms. The lowest BCUT2D eigenvalue weighted by atomic mass is 10.2. The molecule has 0 aliphatic carbocycles. The van der Waals surface area contributed by atoms with E-state index in [1.165, 1.54) is 0 Å². The van der Waals surface area contributed by atoms with E-state index in [1.807, 2.05) is 24.3 Å². The van der Waals surface area contributed by atoms with Gasteiger partial charge < -0.3 is 13.7 Å². The summed E-state index contributed by atoms with van der Waals surface area (Å²) in [4.78, 5) is 15.4. The van der Waals surface area contributed by atoms with Crippen LogP contribution in [0.1, 0.15) is 17.5 Å². The van der Waals surface area contributed by atoms with Crippen LogP contribution in [0.5, 0.6) is 0 Å². The van der Waals surface area contributed by atoms with Gasteiger partial charge in [0.25, 0.3) is 11.7 Å². The van der Waals surface area contributed by atoms with E-state index in [2.05, 4.69) is 10.1 Å². The number of rotatable bonds is 3. The Morgan fingerprint density at radius 2 is 2.21 bits per heavy atom. The Morgan fingerprint density at radius 3 is 3.05 bits per heavy atom. The van der Waals surface area contributed by atoms with Gasteiger partial charge in [-0.05, 0) is 12.1 Å². The molecule has 6 heteroatoms. The molecule has 6 nitrogen and oxygen atoms in total.